The van der Waals surface area contributed by atoms with Gasteiger partial charge in [0.15, 0.2) is 9.62 Å². The molecule has 3 aromatic heterocycles. The van der Waals surface area contributed by atoms with Gasteiger partial charge in [-0.05, 0) is 17.5 Å². The second-order valence-electron chi connectivity index (χ2n) is 3.57. The number of hydrogen-bond donors (Lipinski definition) is 0. The molecule has 0 fully saturated rings. The molecule has 96 valence electrons. The summed E-state index contributed by atoms with van der Waals surface area (Å²) in [6.45, 7) is 0. The molecule has 0 saturated heterocycles. The average molecular weight is 326 g/mol. The highest BCUT2D eigenvalue weighted by atomic mass is 35.5. The van der Waals surface area contributed by atoms with E-state index in [0.717, 1.165) is 26.4 Å². The first-order valence-electron chi connectivity index (χ1n) is 5.41. The van der Waals surface area contributed by atoms with Crippen LogP contribution in [0.1, 0.15) is 4.88 Å². The summed E-state index contributed by atoms with van der Waals surface area (Å²) >= 11 is 10.6. The zero-order valence-corrected chi connectivity index (χ0v) is 12.8. The Morgan fingerprint density at radius 3 is 2.95 bits per heavy atom. The summed E-state index contributed by atoms with van der Waals surface area (Å²) < 4.78 is 0.573. The van der Waals surface area contributed by atoms with Gasteiger partial charge >= 0.3 is 0 Å². The maximum atomic E-state index is 5.80. The largest absolute Gasteiger partial charge is 0.233 e. The minimum Gasteiger partial charge on any atom is -0.233 e. The van der Waals surface area contributed by atoms with Crippen molar-refractivity contribution in [3.8, 4) is 10.6 Å². The molecule has 3 heterocycles. The highest BCUT2D eigenvalue weighted by Crippen LogP contribution is 2.27. The second kappa shape index (κ2) is 6.00. The summed E-state index contributed by atoms with van der Waals surface area (Å²) in [5.74, 6) is 0.790. The molecule has 0 atom stereocenters. The van der Waals surface area contributed by atoms with E-state index in [9.17, 15) is 0 Å². The molecule has 0 bridgehead atoms. The summed E-state index contributed by atoms with van der Waals surface area (Å²) in [4.78, 5) is 15.1. The van der Waals surface area contributed by atoms with Gasteiger partial charge in [-0.25, -0.2) is 15.0 Å². The number of hydrogen-bond acceptors (Lipinski definition) is 6. The lowest BCUT2D eigenvalue weighted by molar-refractivity contribution is 0.974. The molecule has 0 amide bonds. The molecule has 0 aromatic carbocycles. The van der Waals surface area contributed by atoms with Crippen LogP contribution in [0.15, 0.2) is 41.1 Å². The van der Waals surface area contributed by atoms with E-state index in [0.29, 0.717) is 4.47 Å². The second-order valence-corrected chi connectivity index (χ2v) is 7.16. The molecule has 3 aromatic rings. The van der Waals surface area contributed by atoms with Crippen molar-refractivity contribution in [2.45, 2.75) is 10.9 Å². The van der Waals surface area contributed by atoms with E-state index in [1.807, 2.05) is 17.5 Å². The number of halogens is 1. The molecular formula is C12H8ClN3S3. The van der Waals surface area contributed by atoms with Crippen LogP contribution in [-0.4, -0.2) is 15.0 Å². The molecule has 0 spiro atoms. The first-order chi connectivity index (χ1) is 9.31. The van der Waals surface area contributed by atoms with Crippen molar-refractivity contribution in [1.82, 2.24) is 15.0 Å². The van der Waals surface area contributed by atoms with Crippen LogP contribution in [0, 0.1) is 0 Å². The Bertz CT molecular complexity index is 666. The highest BCUT2D eigenvalue weighted by Gasteiger charge is 2.05. The van der Waals surface area contributed by atoms with E-state index in [4.69, 9.17) is 11.6 Å². The predicted octanol–water partition coefficient (Wildman–Crippen LogP) is 4.61. The van der Waals surface area contributed by atoms with Gasteiger partial charge in [0.05, 0.1) is 10.6 Å². The maximum absolute atomic E-state index is 5.80. The van der Waals surface area contributed by atoms with Gasteiger partial charge in [0.1, 0.15) is 0 Å². The molecule has 0 aliphatic rings. The smallest absolute Gasteiger partial charge is 0.188 e. The minimum atomic E-state index is 0.573. The lowest BCUT2D eigenvalue weighted by atomic mass is 10.3. The quantitative estimate of drug-likeness (QED) is 0.519. The SMILES string of the molecule is Clc1ncc(CSc2nccc(-c3cccs3)n2)s1. The Balaban J connectivity index is 1.73. The highest BCUT2D eigenvalue weighted by molar-refractivity contribution is 7.98. The van der Waals surface area contributed by atoms with Crippen molar-refractivity contribution in [2.24, 2.45) is 0 Å². The Morgan fingerprint density at radius 2 is 2.21 bits per heavy atom. The molecule has 0 aliphatic heterocycles. The molecule has 3 rings (SSSR count). The predicted molar refractivity (Wildman–Crippen MR) is 82.0 cm³/mol. The normalized spacial score (nSPS) is 10.8. The fourth-order valence-electron chi connectivity index (χ4n) is 1.46. The first-order valence-corrected chi connectivity index (χ1v) is 8.47. The Morgan fingerprint density at radius 1 is 1.26 bits per heavy atom. The van der Waals surface area contributed by atoms with Crippen molar-refractivity contribution in [2.75, 3.05) is 0 Å². The standard InChI is InChI=1S/C12H8ClN3S3/c13-11-15-6-8(19-11)7-18-12-14-4-3-9(16-12)10-2-1-5-17-10/h1-6H,7H2. The van der Waals surface area contributed by atoms with Crippen LogP contribution in [0.4, 0.5) is 0 Å². The Hall–Kier alpha value is -0.950. The molecule has 0 N–H and O–H groups in total. The number of thiazole rings is 1. The van der Waals surface area contributed by atoms with Crippen molar-refractivity contribution >= 4 is 46.0 Å². The summed E-state index contributed by atoms with van der Waals surface area (Å²) in [5, 5.41) is 2.82. The number of thiophene rings is 1. The van der Waals surface area contributed by atoms with Crippen molar-refractivity contribution < 1.29 is 0 Å². The number of rotatable bonds is 4. The summed E-state index contributed by atoms with van der Waals surface area (Å²) in [7, 11) is 0. The van der Waals surface area contributed by atoms with E-state index in [-0.39, 0.29) is 0 Å². The molecule has 0 aliphatic carbocycles. The Labute approximate surface area is 127 Å². The molecule has 0 radical (unpaired) electrons. The summed E-state index contributed by atoms with van der Waals surface area (Å²) in [5.41, 5.74) is 0.967. The van der Waals surface area contributed by atoms with E-state index in [1.165, 1.54) is 11.3 Å². The molecule has 7 heteroatoms. The van der Waals surface area contributed by atoms with E-state index >= 15 is 0 Å². The molecule has 19 heavy (non-hydrogen) atoms. The van der Waals surface area contributed by atoms with Gasteiger partial charge in [-0.15, -0.1) is 22.7 Å². The zero-order chi connectivity index (χ0) is 13.1. The molecule has 3 nitrogen and oxygen atoms in total. The van der Waals surface area contributed by atoms with Crippen molar-refractivity contribution in [3.05, 3.63) is 45.3 Å². The monoisotopic (exact) mass is 325 g/mol. The topological polar surface area (TPSA) is 38.7 Å². The lowest BCUT2D eigenvalue weighted by Crippen LogP contribution is -1.88. The van der Waals surface area contributed by atoms with Crippen molar-refractivity contribution in [3.63, 3.8) is 0 Å². The van der Waals surface area contributed by atoms with Gasteiger partial charge in [0.2, 0.25) is 0 Å². The van der Waals surface area contributed by atoms with Crippen LogP contribution < -0.4 is 0 Å². The van der Waals surface area contributed by atoms with E-state index < -0.39 is 0 Å². The van der Waals surface area contributed by atoms with Gasteiger partial charge in [-0.3, -0.25) is 0 Å². The van der Waals surface area contributed by atoms with Crippen LogP contribution >= 0.6 is 46.0 Å². The summed E-state index contributed by atoms with van der Waals surface area (Å²) in [6.07, 6.45) is 3.59. The lowest BCUT2D eigenvalue weighted by Gasteiger charge is -2.00. The maximum Gasteiger partial charge on any atom is 0.188 e. The van der Waals surface area contributed by atoms with Gasteiger partial charge in [0, 0.05) is 23.0 Å². The zero-order valence-electron chi connectivity index (χ0n) is 9.62. The fourth-order valence-corrected chi connectivity index (χ4v) is 3.98. The van der Waals surface area contributed by atoms with Crippen LogP contribution in [0.2, 0.25) is 4.47 Å². The van der Waals surface area contributed by atoms with Gasteiger partial charge in [-0.1, -0.05) is 29.4 Å². The Kier molecular flexibility index (Phi) is 4.12. The van der Waals surface area contributed by atoms with Crippen LogP contribution in [0.5, 0.6) is 0 Å². The minimum absolute atomic E-state index is 0.573. The average Bonchev–Trinajstić information content (AvgIpc) is 3.08. The van der Waals surface area contributed by atoms with Crippen molar-refractivity contribution in [1.29, 1.82) is 0 Å². The van der Waals surface area contributed by atoms with Gasteiger partial charge in [0.25, 0.3) is 0 Å². The fraction of sp³-hybridized carbons (Fsp3) is 0.0833. The third kappa shape index (κ3) is 3.33. The van der Waals surface area contributed by atoms with E-state index in [2.05, 4.69) is 21.0 Å². The molecule has 0 unspecified atom stereocenters. The molecule has 0 saturated carbocycles. The van der Waals surface area contributed by atoms with E-state index in [1.54, 1.807) is 35.5 Å². The van der Waals surface area contributed by atoms with Crippen LogP contribution in [0.3, 0.4) is 0 Å². The third-order valence-electron chi connectivity index (χ3n) is 2.28. The number of thioether (sulfide) groups is 1. The molecular weight excluding hydrogens is 318 g/mol. The van der Waals surface area contributed by atoms with Gasteiger partial charge in [-0.2, -0.15) is 0 Å². The summed E-state index contributed by atoms with van der Waals surface area (Å²) in [6, 6.07) is 6.01. The number of aromatic nitrogens is 3. The van der Waals surface area contributed by atoms with Crippen LogP contribution in [-0.2, 0) is 5.75 Å². The van der Waals surface area contributed by atoms with Crippen LogP contribution in [0.25, 0.3) is 10.6 Å². The first kappa shape index (κ1) is 13.1. The number of nitrogens with zero attached hydrogens (tertiary/aromatic N) is 3. The van der Waals surface area contributed by atoms with Gasteiger partial charge < -0.3 is 0 Å². The third-order valence-corrected chi connectivity index (χ3v) is 5.38.